The number of carbonyl (C=O) groups is 1. The normalized spacial score (nSPS) is 10.7. The summed E-state index contributed by atoms with van der Waals surface area (Å²) in [5, 5.41) is 0.717. The Kier molecular flexibility index (Phi) is 4.58. The zero-order valence-corrected chi connectivity index (χ0v) is 14.3. The molecule has 0 aliphatic rings. The molecule has 0 saturated heterocycles. The van der Waals surface area contributed by atoms with Crippen molar-refractivity contribution < 1.29 is 13.9 Å². The van der Waals surface area contributed by atoms with Crippen molar-refractivity contribution in [3.05, 3.63) is 96.1 Å². The van der Waals surface area contributed by atoms with Crippen molar-refractivity contribution in [2.45, 2.75) is 6.61 Å². The summed E-state index contributed by atoms with van der Waals surface area (Å²) in [6, 6.07) is 18.7. The molecule has 2 aromatic heterocycles. The highest BCUT2D eigenvalue weighted by atomic mass is 19.1. The quantitative estimate of drug-likeness (QED) is 0.492. The van der Waals surface area contributed by atoms with Gasteiger partial charge in [-0.1, -0.05) is 30.3 Å². The van der Waals surface area contributed by atoms with Gasteiger partial charge in [-0.3, -0.25) is 4.98 Å². The van der Waals surface area contributed by atoms with Gasteiger partial charge in [0.25, 0.3) is 0 Å². The second kappa shape index (κ2) is 7.33. The lowest BCUT2D eigenvalue weighted by molar-refractivity contribution is 0.0475. The minimum Gasteiger partial charge on any atom is -0.457 e. The minimum absolute atomic E-state index is 0.0674. The van der Waals surface area contributed by atoms with E-state index in [0.29, 0.717) is 22.2 Å². The number of rotatable bonds is 4. The van der Waals surface area contributed by atoms with Crippen LogP contribution in [0.5, 0.6) is 0 Å². The van der Waals surface area contributed by atoms with Gasteiger partial charge in [-0.05, 0) is 42.0 Å². The first-order valence-electron chi connectivity index (χ1n) is 8.42. The summed E-state index contributed by atoms with van der Waals surface area (Å²) in [5.74, 6) is -0.783. The van der Waals surface area contributed by atoms with Crippen molar-refractivity contribution in [3.8, 4) is 11.3 Å². The molecule has 4 aromatic rings. The SMILES string of the molecule is O=C(OCc1ccc(F)cc1)c1cc(-c2cccnc2)nc2ccccc12. The molecule has 2 aromatic carbocycles. The molecule has 0 fully saturated rings. The first kappa shape index (κ1) is 16.8. The topological polar surface area (TPSA) is 52.1 Å². The van der Waals surface area contributed by atoms with Crippen LogP contribution in [0.1, 0.15) is 15.9 Å². The van der Waals surface area contributed by atoms with Crippen LogP contribution in [0, 0.1) is 5.82 Å². The fourth-order valence-electron chi connectivity index (χ4n) is 2.81. The zero-order valence-electron chi connectivity index (χ0n) is 14.3. The molecule has 0 radical (unpaired) electrons. The number of carbonyl (C=O) groups excluding carboxylic acids is 1. The number of nitrogens with zero attached hydrogens (tertiary/aromatic N) is 2. The van der Waals surface area contributed by atoms with Crippen LogP contribution in [0.15, 0.2) is 79.1 Å². The number of hydrogen-bond acceptors (Lipinski definition) is 4. The molecule has 4 rings (SSSR count). The number of pyridine rings is 2. The Bertz CT molecular complexity index is 1100. The number of para-hydroxylation sites is 1. The number of halogens is 1. The second-order valence-electron chi connectivity index (χ2n) is 6.02. The third-order valence-corrected chi connectivity index (χ3v) is 4.18. The lowest BCUT2D eigenvalue weighted by atomic mass is 10.1. The zero-order chi connectivity index (χ0) is 18.6. The number of aromatic nitrogens is 2. The van der Waals surface area contributed by atoms with Crippen LogP contribution in [0.4, 0.5) is 4.39 Å². The Morgan fingerprint density at radius 1 is 1.00 bits per heavy atom. The van der Waals surface area contributed by atoms with Gasteiger partial charge in [0.2, 0.25) is 0 Å². The molecule has 0 bridgehead atoms. The third kappa shape index (κ3) is 3.67. The van der Waals surface area contributed by atoms with E-state index in [1.54, 1.807) is 30.6 Å². The molecule has 5 heteroatoms. The summed E-state index contributed by atoms with van der Waals surface area (Å²) >= 11 is 0. The molecule has 27 heavy (non-hydrogen) atoms. The molecular weight excluding hydrogens is 343 g/mol. The van der Waals surface area contributed by atoms with Crippen LogP contribution in [0.25, 0.3) is 22.2 Å². The minimum atomic E-state index is -0.455. The standard InChI is InChI=1S/C22H15FN2O2/c23-17-9-7-15(8-10-17)14-27-22(26)19-12-21(16-4-3-11-24-13-16)25-20-6-2-1-5-18(19)20/h1-13H,14H2. The maximum Gasteiger partial charge on any atom is 0.339 e. The number of benzene rings is 2. The molecule has 4 nitrogen and oxygen atoms in total. The predicted octanol–water partition coefficient (Wildman–Crippen LogP) is 4.79. The van der Waals surface area contributed by atoms with E-state index in [4.69, 9.17) is 4.74 Å². The molecule has 0 N–H and O–H groups in total. The van der Waals surface area contributed by atoms with E-state index in [-0.39, 0.29) is 12.4 Å². The maximum atomic E-state index is 13.0. The van der Waals surface area contributed by atoms with Gasteiger partial charge in [0.05, 0.1) is 16.8 Å². The summed E-state index contributed by atoms with van der Waals surface area (Å²) in [6.07, 6.45) is 3.38. The van der Waals surface area contributed by atoms with Gasteiger partial charge in [0.15, 0.2) is 0 Å². The van der Waals surface area contributed by atoms with E-state index in [2.05, 4.69) is 9.97 Å². The van der Waals surface area contributed by atoms with Gasteiger partial charge in [-0.15, -0.1) is 0 Å². The molecule has 0 saturated carbocycles. The Hall–Kier alpha value is -3.60. The monoisotopic (exact) mass is 358 g/mol. The Labute approximate surface area is 155 Å². The average molecular weight is 358 g/mol. The van der Waals surface area contributed by atoms with Crippen molar-refractivity contribution in [2.75, 3.05) is 0 Å². The van der Waals surface area contributed by atoms with Crippen molar-refractivity contribution in [1.29, 1.82) is 0 Å². The van der Waals surface area contributed by atoms with Gasteiger partial charge in [0, 0.05) is 23.3 Å². The molecule has 0 amide bonds. The fourth-order valence-corrected chi connectivity index (χ4v) is 2.81. The van der Waals surface area contributed by atoms with E-state index >= 15 is 0 Å². The van der Waals surface area contributed by atoms with Gasteiger partial charge in [-0.25, -0.2) is 14.2 Å². The first-order valence-corrected chi connectivity index (χ1v) is 8.42. The summed E-state index contributed by atoms with van der Waals surface area (Å²) < 4.78 is 18.5. The highest BCUT2D eigenvalue weighted by molar-refractivity contribution is 6.04. The predicted molar refractivity (Wildman–Crippen MR) is 100 cm³/mol. The second-order valence-corrected chi connectivity index (χ2v) is 6.02. The fraction of sp³-hybridized carbons (Fsp3) is 0.0455. The Balaban J connectivity index is 1.69. The molecular formula is C22H15FN2O2. The number of esters is 1. The van der Waals surface area contributed by atoms with Crippen molar-refractivity contribution in [1.82, 2.24) is 9.97 Å². The van der Waals surface area contributed by atoms with E-state index < -0.39 is 5.97 Å². The van der Waals surface area contributed by atoms with E-state index in [9.17, 15) is 9.18 Å². The molecule has 0 spiro atoms. The van der Waals surface area contributed by atoms with E-state index in [1.807, 2.05) is 36.4 Å². The smallest absolute Gasteiger partial charge is 0.339 e. The number of fused-ring (bicyclic) bond motifs is 1. The van der Waals surface area contributed by atoms with Crippen LogP contribution in [0.2, 0.25) is 0 Å². The van der Waals surface area contributed by atoms with Crippen molar-refractivity contribution in [2.24, 2.45) is 0 Å². The van der Waals surface area contributed by atoms with Crippen molar-refractivity contribution >= 4 is 16.9 Å². The van der Waals surface area contributed by atoms with Gasteiger partial charge in [-0.2, -0.15) is 0 Å². The van der Waals surface area contributed by atoms with Gasteiger partial charge < -0.3 is 4.74 Å². The number of ether oxygens (including phenoxy) is 1. The summed E-state index contributed by atoms with van der Waals surface area (Å²) in [5.41, 5.74) is 3.32. The molecule has 0 aliphatic heterocycles. The third-order valence-electron chi connectivity index (χ3n) is 4.18. The van der Waals surface area contributed by atoms with Crippen LogP contribution in [-0.2, 0) is 11.3 Å². The van der Waals surface area contributed by atoms with Crippen molar-refractivity contribution in [3.63, 3.8) is 0 Å². The van der Waals surface area contributed by atoms with Crippen LogP contribution < -0.4 is 0 Å². The van der Waals surface area contributed by atoms with E-state index in [1.165, 1.54) is 12.1 Å². The van der Waals surface area contributed by atoms with Gasteiger partial charge in [0.1, 0.15) is 12.4 Å². The van der Waals surface area contributed by atoms with Crippen LogP contribution in [-0.4, -0.2) is 15.9 Å². The summed E-state index contributed by atoms with van der Waals surface area (Å²) in [6.45, 7) is 0.0674. The average Bonchev–Trinajstić information content (AvgIpc) is 2.73. The van der Waals surface area contributed by atoms with Crippen LogP contribution >= 0.6 is 0 Å². The molecule has 132 valence electrons. The maximum absolute atomic E-state index is 13.0. The Morgan fingerprint density at radius 3 is 2.59 bits per heavy atom. The number of hydrogen-bond donors (Lipinski definition) is 0. The Morgan fingerprint density at radius 2 is 1.81 bits per heavy atom. The highest BCUT2D eigenvalue weighted by Gasteiger charge is 2.15. The molecule has 0 aliphatic carbocycles. The van der Waals surface area contributed by atoms with E-state index in [0.717, 1.165) is 11.1 Å². The molecule has 0 atom stereocenters. The highest BCUT2D eigenvalue weighted by Crippen LogP contribution is 2.25. The first-order chi connectivity index (χ1) is 13.2. The summed E-state index contributed by atoms with van der Waals surface area (Å²) in [7, 11) is 0. The van der Waals surface area contributed by atoms with Crippen LogP contribution in [0.3, 0.4) is 0 Å². The molecule has 0 unspecified atom stereocenters. The lowest BCUT2D eigenvalue weighted by Gasteiger charge is -2.10. The largest absolute Gasteiger partial charge is 0.457 e. The van der Waals surface area contributed by atoms with Gasteiger partial charge >= 0.3 is 5.97 Å². The lowest BCUT2D eigenvalue weighted by Crippen LogP contribution is -2.07. The summed E-state index contributed by atoms with van der Waals surface area (Å²) in [4.78, 5) is 21.5. The molecule has 2 heterocycles.